The highest BCUT2D eigenvalue weighted by Crippen LogP contribution is 2.28. The van der Waals surface area contributed by atoms with Crippen molar-refractivity contribution in [3.63, 3.8) is 0 Å². The lowest BCUT2D eigenvalue weighted by atomic mass is 9.91. The Bertz CT molecular complexity index is 1040. The molecule has 2 nitrogen and oxygen atoms in total. The summed E-state index contributed by atoms with van der Waals surface area (Å²) in [5, 5.41) is 7.44. The van der Waals surface area contributed by atoms with Gasteiger partial charge in [0.1, 0.15) is 0 Å². The predicted molar refractivity (Wildman–Crippen MR) is 131 cm³/mol. The van der Waals surface area contributed by atoms with E-state index in [-0.39, 0.29) is 5.92 Å². The van der Waals surface area contributed by atoms with Crippen LogP contribution in [-0.2, 0) is 0 Å². The summed E-state index contributed by atoms with van der Waals surface area (Å²) >= 11 is 5.64. The van der Waals surface area contributed by atoms with Crippen LogP contribution in [-0.4, -0.2) is 11.7 Å². The highest BCUT2D eigenvalue weighted by atomic mass is 32.1. The Morgan fingerprint density at radius 2 is 1.13 bits per heavy atom. The van der Waals surface area contributed by atoms with Gasteiger partial charge in [0.25, 0.3) is 0 Å². The molecule has 3 heteroatoms. The molecule has 0 fully saturated rings. The fraction of sp³-hybridized carbons (Fsp3) is 0.0741. The van der Waals surface area contributed by atoms with Crippen molar-refractivity contribution in [2.45, 2.75) is 5.92 Å². The van der Waals surface area contributed by atoms with E-state index in [4.69, 9.17) is 12.2 Å². The van der Waals surface area contributed by atoms with Crippen LogP contribution in [0.5, 0.6) is 0 Å². The first-order valence-electron chi connectivity index (χ1n) is 10.1. The number of benzene rings is 4. The van der Waals surface area contributed by atoms with Crippen molar-refractivity contribution in [3.05, 3.63) is 126 Å². The molecule has 0 saturated carbocycles. The Morgan fingerprint density at radius 3 is 1.73 bits per heavy atom. The quantitative estimate of drug-likeness (QED) is 0.357. The van der Waals surface area contributed by atoms with Crippen molar-refractivity contribution in [3.8, 4) is 11.1 Å². The van der Waals surface area contributed by atoms with E-state index in [1.165, 1.54) is 11.1 Å². The van der Waals surface area contributed by atoms with Crippen molar-refractivity contribution in [1.82, 2.24) is 5.32 Å². The highest BCUT2D eigenvalue weighted by Gasteiger charge is 2.14. The molecule has 0 aliphatic carbocycles. The Hall–Kier alpha value is -3.43. The van der Waals surface area contributed by atoms with E-state index in [1.807, 2.05) is 42.5 Å². The molecule has 0 spiro atoms. The van der Waals surface area contributed by atoms with Gasteiger partial charge in [0.15, 0.2) is 5.11 Å². The van der Waals surface area contributed by atoms with Gasteiger partial charge in [-0.25, -0.2) is 0 Å². The minimum atomic E-state index is 0.219. The molecule has 0 saturated heterocycles. The molecule has 0 radical (unpaired) electrons. The standard InChI is InChI=1S/C27H24N2S/c30-27(29-26-19-11-10-18-24(26)21-12-4-1-5-13-21)28-20-25(22-14-6-2-7-15-22)23-16-8-3-9-17-23/h1-19,25H,20H2,(H2,28,29,30). The van der Waals surface area contributed by atoms with Crippen LogP contribution in [0.15, 0.2) is 115 Å². The molecule has 0 aliphatic heterocycles. The van der Waals surface area contributed by atoms with Crippen LogP contribution in [0.3, 0.4) is 0 Å². The van der Waals surface area contributed by atoms with Crippen molar-refractivity contribution in [2.75, 3.05) is 11.9 Å². The topological polar surface area (TPSA) is 24.1 Å². The average molecular weight is 409 g/mol. The molecule has 148 valence electrons. The second kappa shape index (κ2) is 9.86. The Balaban J connectivity index is 1.49. The summed E-state index contributed by atoms with van der Waals surface area (Å²) in [6.45, 7) is 0.716. The van der Waals surface area contributed by atoms with Crippen molar-refractivity contribution in [1.29, 1.82) is 0 Å². The fourth-order valence-corrected chi connectivity index (χ4v) is 3.81. The molecule has 4 rings (SSSR count). The van der Waals surface area contributed by atoms with E-state index >= 15 is 0 Å². The Morgan fingerprint density at radius 1 is 0.633 bits per heavy atom. The second-order valence-corrected chi connectivity index (χ2v) is 7.53. The lowest BCUT2D eigenvalue weighted by molar-refractivity contribution is 0.761. The number of nitrogens with one attached hydrogen (secondary N) is 2. The summed E-state index contributed by atoms with van der Waals surface area (Å²) in [6, 6.07) is 39.7. The van der Waals surface area contributed by atoms with Crippen LogP contribution in [0, 0.1) is 0 Å². The van der Waals surface area contributed by atoms with Gasteiger partial charge in [-0.15, -0.1) is 0 Å². The van der Waals surface area contributed by atoms with Crippen LogP contribution in [0.1, 0.15) is 17.0 Å². The third-order valence-electron chi connectivity index (χ3n) is 5.13. The fourth-order valence-electron chi connectivity index (χ4n) is 3.62. The monoisotopic (exact) mass is 408 g/mol. The van der Waals surface area contributed by atoms with Gasteiger partial charge in [-0.05, 0) is 35.0 Å². The normalized spacial score (nSPS) is 10.6. The lowest BCUT2D eigenvalue weighted by Gasteiger charge is -2.21. The molecular weight excluding hydrogens is 384 g/mol. The zero-order valence-electron chi connectivity index (χ0n) is 16.7. The number of rotatable bonds is 6. The molecule has 0 aromatic heterocycles. The summed E-state index contributed by atoms with van der Waals surface area (Å²) in [5.74, 6) is 0.219. The van der Waals surface area contributed by atoms with Crippen LogP contribution in [0.25, 0.3) is 11.1 Å². The highest BCUT2D eigenvalue weighted by molar-refractivity contribution is 7.80. The summed E-state index contributed by atoms with van der Waals surface area (Å²) < 4.78 is 0. The van der Waals surface area contributed by atoms with E-state index in [2.05, 4.69) is 83.4 Å². The number of para-hydroxylation sites is 1. The molecule has 0 unspecified atom stereocenters. The van der Waals surface area contributed by atoms with E-state index in [0.29, 0.717) is 11.7 Å². The third kappa shape index (κ3) is 4.94. The van der Waals surface area contributed by atoms with Crippen LogP contribution < -0.4 is 10.6 Å². The van der Waals surface area contributed by atoms with Crippen molar-refractivity contribution in [2.24, 2.45) is 0 Å². The third-order valence-corrected chi connectivity index (χ3v) is 5.38. The van der Waals surface area contributed by atoms with Crippen molar-refractivity contribution >= 4 is 23.0 Å². The maximum atomic E-state index is 5.64. The van der Waals surface area contributed by atoms with Gasteiger partial charge in [0.05, 0.1) is 0 Å². The van der Waals surface area contributed by atoms with Crippen LogP contribution >= 0.6 is 12.2 Å². The van der Waals surface area contributed by atoms with Gasteiger partial charge in [-0.3, -0.25) is 0 Å². The molecule has 4 aromatic carbocycles. The number of hydrogen-bond donors (Lipinski definition) is 2. The summed E-state index contributed by atoms with van der Waals surface area (Å²) in [4.78, 5) is 0. The van der Waals surface area contributed by atoms with Gasteiger partial charge >= 0.3 is 0 Å². The molecule has 0 amide bonds. The molecular formula is C27H24N2S. The van der Waals surface area contributed by atoms with Gasteiger partial charge in [-0.2, -0.15) is 0 Å². The summed E-state index contributed by atoms with van der Waals surface area (Å²) in [7, 11) is 0. The van der Waals surface area contributed by atoms with E-state index in [0.717, 1.165) is 16.8 Å². The first-order valence-corrected chi connectivity index (χ1v) is 10.5. The summed E-state index contributed by atoms with van der Waals surface area (Å²) in [5.41, 5.74) is 5.82. The maximum Gasteiger partial charge on any atom is 0.170 e. The second-order valence-electron chi connectivity index (χ2n) is 7.12. The molecule has 4 aromatic rings. The minimum absolute atomic E-state index is 0.219. The zero-order chi connectivity index (χ0) is 20.6. The smallest absolute Gasteiger partial charge is 0.170 e. The Kier molecular flexibility index (Phi) is 6.53. The molecule has 0 aliphatic rings. The minimum Gasteiger partial charge on any atom is -0.361 e. The molecule has 30 heavy (non-hydrogen) atoms. The first kappa shape index (κ1) is 19.9. The van der Waals surface area contributed by atoms with E-state index < -0.39 is 0 Å². The lowest BCUT2D eigenvalue weighted by Crippen LogP contribution is -2.32. The molecule has 0 heterocycles. The first-order chi connectivity index (χ1) is 14.8. The predicted octanol–water partition coefficient (Wildman–Crippen LogP) is 6.47. The van der Waals surface area contributed by atoms with Crippen molar-refractivity contribution < 1.29 is 0 Å². The van der Waals surface area contributed by atoms with Crippen LogP contribution in [0.2, 0.25) is 0 Å². The number of anilines is 1. The molecule has 2 N–H and O–H groups in total. The van der Waals surface area contributed by atoms with E-state index in [9.17, 15) is 0 Å². The molecule has 0 bridgehead atoms. The zero-order valence-corrected chi connectivity index (χ0v) is 17.5. The van der Waals surface area contributed by atoms with Gasteiger partial charge < -0.3 is 10.6 Å². The van der Waals surface area contributed by atoms with E-state index in [1.54, 1.807) is 0 Å². The molecule has 0 atom stereocenters. The number of thiocarbonyl (C=S) groups is 1. The Labute approximate surface area is 183 Å². The van der Waals surface area contributed by atoms with Gasteiger partial charge in [0, 0.05) is 23.7 Å². The maximum absolute atomic E-state index is 5.64. The summed E-state index contributed by atoms with van der Waals surface area (Å²) in [6.07, 6.45) is 0. The largest absolute Gasteiger partial charge is 0.361 e. The van der Waals surface area contributed by atoms with Crippen LogP contribution in [0.4, 0.5) is 5.69 Å². The van der Waals surface area contributed by atoms with Gasteiger partial charge in [0.2, 0.25) is 0 Å². The van der Waals surface area contributed by atoms with Gasteiger partial charge in [-0.1, -0.05) is 109 Å². The number of hydrogen-bond acceptors (Lipinski definition) is 1. The average Bonchev–Trinajstić information content (AvgIpc) is 2.81. The SMILES string of the molecule is S=C(NCC(c1ccccc1)c1ccccc1)Nc1ccccc1-c1ccccc1.